The second-order valence-electron chi connectivity index (χ2n) is 6.24. The van der Waals surface area contributed by atoms with Gasteiger partial charge in [-0.3, -0.25) is 4.79 Å². The summed E-state index contributed by atoms with van der Waals surface area (Å²) in [6.45, 7) is 4.49. The molecule has 2 aromatic carbocycles. The highest BCUT2D eigenvalue weighted by Crippen LogP contribution is 2.19. The van der Waals surface area contributed by atoms with Crippen LogP contribution in [0.4, 0.5) is 5.69 Å². The molecule has 0 aliphatic rings. The molecule has 1 aromatic heterocycles. The van der Waals surface area contributed by atoms with Crippen LogP contribution in [0.2, 0.25) is 0 Å². The molecule has 2 N–H and O–H groups in total. The van der Waals surface area contributed by atoms with Crippen molar-refractivity contribution in [1.82, 2.24) is 9.78 Å². The van der Waals surface area contributed by atoms with Crippen molar-refractivity contribution in [2.45, 2.75) is 26.5 Å². The van der Waals surface area contributed by atoms with Crippen molar-refractivity contribution in [2.75, 3.05) is 5.32 Å². The molecular formula is C20H21N3O3. The van der Waals surface area contributed by atoms with Crippen LogP contribution in [0.3, 0.4) is 0 Å². The van der Waals surface area contributed by atoms with Crippen molar-refractivity contribution < 1.29 is 14.6 Å². The fourth-order valence-electron chi connectivity index (χ4n) is 2.42. The molecule has 0 bridgehead atoms. The fraction of sp³-hybridized carbons (Fsp3) is 0.200. The van der Waals surface area contributed by atoms with Crippen LogP contribution in [0.5, 0.6) is 11.5 Å². The standard InChI is InChI=1S/C20H21N3O3/c1-14(2)15-6-8-18(9-7-15)26-13-23-11-10-19(22-23)20(25)21-16-4-3-5-17(24)12-16/h3-12,14,24H,13H2,1-2H3,(H,21,25). The number of benzene rings is 2. The Kier molecular flexibility index (Phi) is 5.22. The van der Waals surface area contributed by atoms with Crippen LogP contribution in [-0.4, -0.2) is 20.8 Å². The van der Waals surface area contributed by atoms with Gasteiger partial charge in [0.15, 0.2) is 12.4 Å². The van der Waals surface area contributed by atoms with Gasteiger partial charge in [0.2, 0.25) is 0 Å². The normalized spacial score (nSPS) is 10.7. The molecule has 0 saturated heterocycles. The van der Waals surface area contributed by atoms with Gasteiger partial charge in [-0.05, 0) is 41.8 Å². The van der Waals surface area contributed by atoms with E-state index in [-0.39, 0.29) is 24.1 Å². The van der Waals surface area contributed by atoms with Crippen LogP contribution in [0, 0.1) is 0 Å². The molecule has 0 aliphatic carbocycles. The number of anilines is 1. The highest BCUT2D eigenvalue weighted by Gasteiger charge is 2.10. The molecular weight excluding hydrogens is 330 g/mol. The Hall–Kier alpha value is -3.28. The van der Waals surface area contributed by atoms with Crippen molar-refractivity contribution in [3.8, 4) is 11.5 Å². The predicted molar refractivity (Wildman–Crippen MR) is 99.4 cm³/mol. The van der Waals surface area contributed by atoms with Gasteiger partial charge >= 0.3 is 0 Å². The number of amides is 1. The quantitative estimate of drug-likeness (QED) is 0.704. The molecule has 3 rings (SSSR count). The highest BCUT2D eigenvalue weighted by molar-refractivity contribution is 6.02. The van der Waals surface area contributed by atoms with Crippen molar-refractivity contribution in [3.63, 3.8) is 0 Å². The molecule has 6 heteroatoms. The van der Waals surface area contributed by atoms with Gasteiger partial charge in [-0.2, -0.15) is 5.10 Å². The Morgan fingerprint density at radius 2 is 1.96 bits per heavy atom. The summed E-state index contributed by atoms with van der Waals surface area (Å²) in [5, 5.41) is 16.3. The van der Waals surface area contributed by atoms with Gasteiger partial charge in [0.25, 0.3) is 5.91 Å². The number of rotatable bonds is 6. The molecule has 134 valence electrons. The minimum absolute atomic E-state index is 0.0882. The first-order chi connectivity index (χ1) is 12.5. The number of aromatic hydroxyl groups is 1. The zero-order valence-corrected chi connectivity index (χ0v) is 14.7. The van der Waals surface area contributed by atoms with E-state index in [0.29, 0.717) is 11.6 Å². The Labute approximate surface area is 152 Å². The number of nitrogens with zero attached hydrogens (tertiary/aromatic N) is 2. The Balaban J connectivity index is 1.58. The van der Waals surface area contributed by atoms with Crippen LogP contribution < -0.4 is 10.1 Å². The third kappa shape index (κ3) is 4.42. The van der Waals surface area contributed by atoms with E-state index in [4.69, 9.17) is 4.74 Å². The largest absolute Gasteiger partial charge is 0.508 e. The SMILES string of the molecule is CC(C)c1ccc(OCn2ccc(C(=O)Nc3cccc(O)c3)n2)cc1. The molecule has 26 heavy (non-hydrogen) atoms. The molecule has 0 saturated carbocycles. The van der Waals surface area contributed by atoms with Gasteiger partial charge in [-0.1, -0.05) is 32.0 Å². The van der Waals surface area contributed by atoms with E-state index in [1.165, 1.54) is 17.7 Å². The molecule has 1 amide bonds. The summed E-state index contributed by atoms with van der Waals surface area (Å²) in [5.41, 5.74) is 2.03. The fourth-order valence-corrected chi connectivity index (χ4v) is 2.42. The van der Waals surface area contributed by atoms with E-state index in [2.05, 4.69) is 24.3 Å². The van der Waals surface area contributed by atoms with Gasteiger partial charge in [-0.15, -0.1) is 0 Å². The average molecular weight is 351 g/mol. The summed E-state index contributed by atoms with van der Waals surface area (Å²) in [6.07, 6.45) is 1.68. The number of carbonyl (C=O) groups excluding carboxylic acids is 1. The van der Waals surface area contributed by atoms with Crippen LogP contribution in [-0.2, 0) is 6.73 Å². The van der Waals surface area contributed by atoms with Gasteiger partial charge in [-0.25, -0.2) is 4.68 Å². The monoisotopic (exact) mass is 351 g/mol. The smallest absolute Gasteiger partial charge is 0.276 e. The summed E-state index contributed by atoms with van der Waals surface area (Å²) in [5.74, 6) is 0.958. The number of phenols is 1. The maximum absolute atomic E-state index is 12.2. The lowest BCUT2D eigenvalue weighted by atomic mass is 10.0. The average Bonchev–Trinajstić information content (AvgIpc) is 3.09. The van der Waals surface area contributed by atoms with Crippen LogP contribution in [0.1, 0.15) is 35.8 Å². The second kappa shape index (κ2) is 7.74. The van der Waals surface area contributed by atoms with E-state index in [1.807, 2.05) is 24.3 Å². The number of phenolic OH excluding ortho intramolecular Hbond substituents is 1. The van der Waals surface area contributed by atoms with Crippen molar-refractivity contribution in [3.05, 3.63) is 72.1 Å². The minimum Gasteiger partial charge on any atom is -0.508 e. The van der Waals surface area contributed by atoms with E-state index in [9.17, 15) is 9.90 Å². The van der Waals surface area contributed by atoms with Gasteiger partial charge in [0, 0.05) is 18.0 Å². The number of aromatic nitrogens is 2. The number of ether oxygens (including phenoxy) is 1. The molecule has 3 aromatic rings. The van der Waals surface area contributed by atoms with Crippen LogP contribution in [0.25, 0.3) is 0 Å². The third-order valence-electron chi connectivity index (χ3n) is 3.89. The van der Waals surface area contributed by atoms with E-state index in [0.717, 1.165) is 5.75 Å². The summed E-state index contributed by atoms with van der Waals surface area (Å²) in [4.78, 5) is 12.2. The number of hydrogen-bond donors (Lipinski definition) is 2. The van der Waals surface area contributed by atoms with Crippen molar-refractivity contribution in [1.29, 1.82) is 0 Å². The first-order valence-electron chi connectivity index (χ1n) is 8.38. The maximum atomic E-state index is 12.2. The Morgan fingerprint density at radius 3 is 2.65 bits per heavy atom. The van der Waals surface area contributed by atoms with Crippen LogP contribution >= 0.6 is 0 Å². The molecule has 6 nitrogen and oxygen atoms in total. The van der Waals surface area contributed by atoms with Crippen molar-refractivity contribution in [2.24, 2.45) is 0 Å². The zero-order chi connectivity index (χ0) is 18.5. The van der Waals surface area contributed by atoms with E-state index >= 15 is 0 Å². The summed E-state index contributed by atoms with van der Waals surface area (Å²) >= 11 is 0. The number of hydrogen-bond acceptors (Lipinski definition) is 4. The molecule has 0 aliphatic heterocycles. The first-order valence-corrected chi connectivity index (χ1v) is 8.38. The topological polar surface area (TPSA) is 76.4 Å². The molecule has 0 unspecified atom stereocenters. The predicted octanol–water partition coefficient (Wildman–Crippen LogP) is 4.00. The molecule has 0 radical (unpaired) electrons. The Bertz CT molecular complexity index is 885. The minimum atomic E-state index is -0.351. The Morgan fingerprint density at radius 1 is 1.19 bits per heavy atom. The van der Waals surface area contributed by atoms with E-state index < -0.39 is 0 Å². The maximum Gasteiger partial charge on any atom is 0.276 e. The van der Waals surface area contributed by atoms with E-state index in [1.54, 1.807) is 29.1 Å². The van der Waals surface area contributed by atoms with Crippen molar-refractivity contribution >= 4 is 11.6 Å². The lowest BCUT2D eigenvalue weighted by molar-refractivity contribution is 0.102. The lowest BCUT2D eigenvalue weighted by Crippen LogP contribution is -2.14. The molecule has 0 fully saturated rings. The molecule has 0 atom stereocenters. The summed E-state index contributed by atoms with van der Waals surface area (Å²) in [7, 11) is 0. The number of carbonyl (C=O) groups is 1. The summed E-state index contributed by atoms with van der Waals surface area (Å²) < 4.78 is 7.24. The van der Waals surface area contributed by atoms with Crippen LogP contribution in [0.15, 0.2) is 60.8 Å². The second-order valence-corrected chi connectivity index (χ2v) is 6.24. The number of nitrogens with one attached hydrogen (secondary N) is 1. The van der Waals surface area contributed by atoms with Gasteiger partial charge in [0.05, 0.1) is 0 Å². The molecule has 0 spiro atoms. The highest BCUT2D eigenvalue weighted by atomic mass is 16.5. The van der Waals surface area contributed by atoms with Gasteiger partial charge in [0.1, 0.15) is 11.5 Å². The molecule has 1 heterocycles. The third-order valence-corrected chi connectivity index (χ3v) is 3.89. The van der Waals surface area contributed by atoms with Gasteiger partial charge < -0.3 is 15.2 Å². The first kappa shape index (κ1) is 17.5. The zero-order valence-electron chi connectivity index (χ0n) is 14.7. The lowest BCUT2D eigenvalue weighted by Gasteiger charge is -2.09. The summed E-state index contributed by atoms with van der Waals surface area (Å²) in [6, 6.07) is 15.9.